The molecular formula is C23H31N3O3. The highest BCUT2D eigenvalue weighted by Crippen LogP contribution is 2.23. The Labute approximate surface area is 172 Å². The fourth-order valence-electron chi connectivity index (χ4n) is 3.91. The summed E-state index contributed by atoms with van der Waals surface area (Å²) in [7, 11) is 0. The molecule has 2 amide bonds. The lowest BCUT2D eigenvalue weighted by Crippen LogP contribution is -2.40. The molecule has 1 N–H and O–H groups in total. The summed E-state index contributed by atoms with van der Waals surface area (Å²) in [6.45, 7) is 9.45. The van der Waals surface area contributed by atoms with Gasteiger partial charge in [-0.3, -0.25) is 14.5 Å². The Kier molecular flexibility index (Phi) is 7.09. The molecule has 1 aliphatic rings. The number of hydrogen-bond donors (Lipinski definition) is 1. The van der Waals surface area contributed by atoms with Crippen LogP contribution in [0.5, 0.6) is 0 Å². The average Bonchev–Trinajstić information content (AvgIpc) is 3.37. The van der Waals surface area contributed by atoms with Crippen molar-refractivity contribution in [1.82, 2.24) is 15.1 Å². The molecule has 0 spiro atoms. The third kappa shape index (κ3) is 5.26. The van der Waals surface area contributed by atoms with Gasteiger partial charge in [0.25, 0.3) is 0 Å². The summed E-state index contributed by atoms with van der Waals surface area (Å²) in [4.78, 5) is 29.2. The second-order valence-electron chi connectivity index (χ2n) is 7.66. The van der Waals surface area contributed by atoms with Crippen LogP contribution in [0, 0.1) is 12.8 Å². The first-order chi connectivity index (χ1) is 14.0. The van der Waals surface area contributed by atoms with Gasteiger partial charge in [-0.25, -0.2) is 0 Å². The fraction of sp³-hybridized carbons (Fsp3) is 0.478. The van der Waals surface area contributed by atoms with E-state index in [1.54, 1.807) is 11.2 Å². The number of benzene rings is 1. The minimum atomic E-state index is -0.304. The fourth-order valence-corrected chi connectivity index (χ4v) is 3.91. The summed E-state index contributed by atoms with van der Waals surface area (Å²) in [6.07, 6.45) is 1.93. The predicted octanol–water partition coefficient (Wildman–Crippen LogP) is 3.14. The van der Waals surface area contributed by atoms with Gasteiger partial charge in [0.05, 0.1) is 18.2 Å². The van der Waals surface area contributed by atoms with E-state index in [0.29, 0.717) is 19.6 Å². The van der Waals surface area contributed by atoms with Gasteiger partial charge in [-0.15, -0.1) is 0 Å². The molecule has 29 heavy (non-hydrogen) atoms. The van der Waals surface area contributed by atoms with E-state index in [0.717, 1.165) is 24.4 Å². The molecule has 6 nitrogen and oxygen atoms in total. The Morgan fingerprint density at radius 1 is 1.24 bits per heavy atom. The number of amides is 2. The predicted molar refractivity (Wildman–Crippen MR) is 112 cm³/mol. The molecule has 0 aliphatic carbocycles. The molecule has 0 radical (unpaired) electrons. The van der Waals surface area contributed by atoms with E-state index in [2.05, 4.69) is 24.1 Å². The van der Waals surface area contributed by atoms with Crippen molar-refractivity contribution in [2.75, 3.05) is 26.2 Å². The number of furan rings is 1. The molecule has 3 rings (SSSR count). The molecule has 0 saturated carbocycles. The first-order valence-electron chi connectivity index (χ1n) is 10.4. The van der Waals surface area contributed by atoms with E-state index >= 15 is 0 Å². The number of likely N-dealkylation sites (N-methyl/N-ethyl adjacent to an activating group) is 1. The second-order valence-corrected chi connectivity index (χ2v) is 7.66. The molecule has 1 aliphatic heterocycles. The smallest absolute Gasteiger partial charge is 0.225 e. The molecule has 1 saturated heterocycles. The Hall–Kier alpha value is -2.60. The largest absolute Gasteiger partial charge is 0.468 e. The molecule has 2 heterocycles. The van der Waals surface area contributed by atoms with Gasteiger partial charge >= 0.3 is 0 Å². The van der Waals surface area contributed by atoms with Crippen molar-refractivity contribution in [3.63, 3.8) is 0 Å². The third-order valence-corrected chi connectivity index (χ3v) is 5.67. The van der Waals surface area contributed by atoms with Gasteiger partial charge in [0, 0.05) is 26.1 Å². The zero-order valence-corrected chi connectivity index (χ0v) is 17.6. The zero-order chi connectivity index (χ0) is 20.8. The normalized spacial score (nSPS) is 17.7. The highest BCUT2D eigenvalue weighted by molar-refractivity contribution is 5.89. The van der Waals surface area contributed by atoms with Gasteiger partial charge in [0.1, 0.15) is 5.76 Å². The highest BCUT2D eigenvalue weighted by Gasteiger charge is 2.34. The number of carbonyl (C=O) groups is 2. The third-order valence-electron chi connectivity index (χ3n) is 5.67. The number of nitrogens with one attached hydrogen (secondary N) is 1. The Morgan fingerprint density at radius 3 is 2.59 bits per heavy atom. The Balaban J connectivity index is 1.57. The van der Waals surface area contributed by atoms with Gasteiger partial charge in [-0.2, -0.15) is 0 Å². The molecule has 1 aromatic heterocycles. The summed E-state index contributed by atoms with van der Waals surface area (Å²) in [5.74, 6) is 0.518. The van der Waals surface area contributed by atoms with Gasteiger partial charge in [-0.1, -0.05) is 43.7 Å². The lowest BCUT2D eigenvalue weighted by molar-refractivity contribution is -0.129. The first-order valence-corrected chi connectivity index (χ1v) is 10.4. The number of aryl methyl sites for hydroxylation is 1. The SMILES string of the molecule is CCN(CC)C(CNC(=O)C1CC(=O)N(Cc2ccc(C)cc2)C1)c1ccco1. The van der Waals surface area contributed by atoms with E-state index in [4.69, 9.17) is 4.42 Å². The number of likely N-dealkylation sites (tertiary alicyclic amines) is 1. The minimum Gasteiger partial charge on any atom is -0.468 e. The van der Waals surface area contributed by atoms with Crippen LogP contribution in [0.25, 0.3) is 0 Å². The standard InChI is InChI=1S/C23H31N3O3/c1-4-25(5-2)20(21-7-6-12-29-21)14-24-23(28)19-13-22(27)26(16-19)15-18-10-8-17(3)9-11-18/h6-12,19-20H,4-5,13-16H2,1-3H3,(H,24,28). The number of hydrogen-bond acceptors (Lipinski definition) is 4. The molecule has 2 atom stereocenters. The maximum atomic E-state index is 12.8. The van der Waals surface area contributed by atoms with Crippen LogP contribution in [0.2, 0.25) is 0 Å². The van der Waals surface area contributed by atoms with Gasteiger partial charge in [0.2, 0.25) is 11.8 Å². The monoisotopic (exact) mass is 397 g/mol. The van der Waals surface area contributed by atoms with Crippen molar-refractivity contribution in [2.45, 2.75) is 39.8 Å². The van der Waals surface area contributed by atoms with Crippen LogP contribution in [0.15, 0.2) is 47.1 Å². The van der Waals surface area contributed by atoms with Crippen molar-refractivity contribution >= 4 is 11.8 Å². The van der Waals surface area contributed by atoms with Crippen LogP contribution in [0.1, 0.15) is 43.2 Å². The molecule has 156 valence electrons. The van der Waals surface area contributed by atoms with Crippen molar-refractivity contribution in [2.24, 2.45) is 5.92 Å². The van der Waals surface area contributed by atoms with Crippen LogP contribution in [-0.4, -0.2) is 47.8 Å². The summed E-state index contributed by atoms with van der Waals surface area (Å²) in [5.41, 5.74) is 2.28. The van der Waals surface area contributed by atoms with Crippen LogP contribution < -0.4 is 5.32 Å². The van der Waals surface area contributed by atoms with E-state index in [1.807, 2.05) is 43.3 Å². The minimum absolute atomic E-state index is 0.00952. The van der Waals surface area contributed by atoms with Gasteiger partial charge in [0.15, 0.2) is 0 Å². The van der Waals surface area contributed by atoms with Crippen LogP contribution in [-0.2, 0) is 16.1 Å². The lowest BCUT2D eigenvalue weighted by Gasteiger charge is -2.28. The van der Waals surface area contributed by atoms with Gasteiger partial charge in [-0.05, 0) is 37.7 Å². The zero-order valence-electron chi connectivity index (χ0n) is 17.6. The molecule has 1 aromatic carbocycles. The van der Waals surface area contributed by atoms with Crippen LogP contribution in [0.4, 0.5) is 0 Å². The summed E-state index contributed by atoms with van der Waals surface area (Å²) >= 11 is 0. The summed E-state index contributed by atoms with van der Waals surface area (Å²) in [5, 5.41) is 3.06. The van der Waals surface area contributed by atoms with Crippen molar-refractivity contribution in [1.29, 1.82) is 0 Å². The maximum Gasteiger partial charge on any atom is 0.225 e. The molecule has 6 heteroatoms. The highest BCUT2D eigenvalue weighted by atomic mass is 16.3. The maximum absolute atomic E-state index is 12.8. The number of carbonyl (C=O) groups excluding carboxylic acids is 2. The number of nitrogens with zero attached hydrogens (tertiary/aromatic N) is 2. The second kappa shape index (κ2) is 9.74. The molecule has 0 bridgehead atoms. The molecular weight excluding hydrogens is 366 g/mol. The van der Waals surface area contributed by atoms with E-state index in [1.165, 1.54) is 5.56 Å². The quantitative estimate of drug-likeness (QED) is 0.706. The number of rotatable bonds is 9. The Bertz CT molecular complexity index is 797. The van der Waals surface area contributed by atoms with E-state index in [-0.39, 0.29) is 30.2 Å². The van der Waals surface area contributed by atoms with Crippen LogP contribution >= 0.6 is 0 Å². The topological polar surface area (TPSA) is 65.8 Å². The summed E-state index contributed by atoms with van der Waals surface area (Å²) < 4.78 is 5.59. The van der Waals surface area contributed by atoms with Crippen molar-refractivity contribution in [3.05, 3.63) is 59.5 Å². The van der Waals surface area contributed by atoms with Crippen LogP contribution in [0.3, 0.4) is 0 Å². The molecule has 1 fully saturated rings. The Morgan fingerprint density at radius 2 is 1.97 bits per heavy atom. The van der Waals surface area contributed by atoms with E-state index in [9.17, 15) is 9.59 Å². The van der Waals surface area contributed by atoms with Crippen molar-refractivity contribution in [3.8, 4) is 0 Å². The van der Waals surface area contributed by atoms with Gasteiger partial charge < -0.3 is 14.6 Å². The molecule has 2 unspecified atom stereocenters. The first kappa shape index (κ1) is 21.1. The van der Waals surface area contributed by atoms with Crippen molar-refractivity contribution < 1.29 is 14.0 Å². The lowest BCUT2D eigenvalue weighted by atomic mass is 10.1. The molecule has 2 aromatic rings. The van der Waals surface area contributed by atoms with E-state index < -0.39 is 0 Å². The average molecular weight is 398 g/mol. The summed E-state index contributed by atoms with van der Waals surface area (Å²) in [6, 6.07) is 12.0.